The summed E-state index contributed by atoms with van der Waals surface area (Å²) < 4.78 is 20.3. The van der Waals surface area contributed by atoms with E-state index in [-0.39, 0.29) is 5.88 Å². The van der Waals surface area contributed by atoms with Gasteiger partial charge in [-0.1, -0.05) is 54.1 Å². The Bertz CT molecular complexity index is 562. The molecule has 0 aliphatic rings. The van der Waals surface area contributed by atoms with Gasteiger partial charge in [0.2, 0.25) is 0 Å². The maximum Gasteiger partial charge on any atom is 0.173 e. The minimum Gasteiger partial charge on any atom is -0.352 e. The van der Waals surface area contributed by atoms with Crippen LogP contribution in [0.3, 0.4) is 0 Å². The molecule has 0 fully saturated rings. The highest BCUT2D eigenvalue weighted by molar-refractivity contribution is 7.79. The first kappa shape index (κ1) is 14.1. The Morgan fingerprint density at radius 1 is 1.05 bits per heavy atom. The summed E-state index contributed by atoms with van der Waals surface area (Å²) in [6.45, 7) is 0.539. The summed E-state index contributed by atoms with van der Waals surface area (Å²) in [6.07, 6.45) is 0. The van der Waals surface area contributed by atoms with E-state index in [1.165, 1.54) is 0 Å². The second kappa shape index (κ2) is 6.70. The van der Waals surface area contributed by atoms with E-state index in [2.05, 4.69) is 0 Å². The number of hydrogen-bond acceptors (Lipinski definition) is 2. The van der Waals surface area contributed by atoms with Crippen LogP contribution < -0.4 is 4.90 Å². The highest BCUT2D eigenvalue weighted by Crippen LogP contribution is 2.26. The largest absolute Gasteiger partial charge is 0.352 e. The normalized spacial score (nSPS) is 12.1. The number of rotatable bonds is 5. The number of para-hydroxylation sites is 1. The number of nitrogens with zero attached hydrogens (tertiary/aromatic N) is 1. The smallest absolute Gasteiger partial charge is 0.173 e. The van der Waals surface area contributed by atoms with Gasteiger partial charge in [-0.05, 0) is 17.7 Å². The molecule has 1 unspecified atom stereocenters. The first-order chi connectivity index (χ1) is 9.16. The molecule has 0 aromatic heterocycles. The molecule has 0 heterocycles. The molecule has 0 spiro atoms. The zero-order valence-corrected chi connectivity index (χ0v) is 11.8. The fraction of sp³-hybridized carbons (Fsp3) is 0.143. The van der Waals surface area contributed by atoms with Crippen molar-refractivity contribution in [2.45, 2.75) is 6.54 Å². The molecular formula is C14H14ClNO2S. The fourth-order valence-corrected chi connectivity index (χ4v) is 2.60. The van der Waals surface area contributed by atoms with Gasteiger partial charge >= 0.3 is 0 Å². The van der Waals surface area contributed by atoms with Crippen molar-refractivity contribution in [3.8, 4) is 0 Å². The molecule has 1 N–H and O–H groups in total. The molecule has 0 aliphatic carbocycles. The van der Waals surface area contributed by atoms with Gasteiger partial charge in [0.05, 0.1) is 10.7 Å². The van der Waals surface area contributed by atoms with Gasteiger partial charge in [0, 0.05) is 6.54 Å². The Hall–Kier alpha value is -1.36. The number of halogens is 1. The third kappa shape index (κ3) is 4.06. The van der Waals surface area contributed by atoms with Crippen molar-refractivity contribution in [2.75, 3.05) is 10.8 Å². The van der Waals surface area contributed by atoms with Gasteiger partial charge in [-0.2, -0.15) is 0 Å². The van der Waals surface area contributed by atoms with Crippen LogP contribution in [0.2, 0.25) is 5.02 Å². The van der Waals surface area contributed by atoms with E-state index in [4.69, 9.17) is 16.2 Å². The molecule has 0 saturated carbocycles. The second-order valence-electron chi connectivity index (χ2n) is 4.09. The number of hydrogen-bond donors (Lipinski definition) is 1. The maximum absolute atomic E-state index is 11.1. The summed E-state index contributed by atoms with van der Waals surface area (Å²) in [7, 11) is 0. The minimum atomic E-state index is -1.91. The van der Waals surface area contributed by atoms with Gasteiger partial charge in [-0.25, -0.2) is 4.21 Å². The quantitative estimate of drug-likeness (QED) is 0.858. The molecule has 2 aromatic carbocycles. The molecule has 1 atom stereocenters. The lowest BCUT2D eigenvalue weighted by atomic mass is 10.2. The third-order valence-electron chi connectivity index (χ3n) is 2.68. The minimum absolute atomic E-state index is 0.0264. The van der Waals surface area contributed by atoms with Crippen molar-refractivity contribution in [3.63, 3.8) is 0 Å². The average Bonchev–Trinajstić information content (AvgIpc) is 2.39. The summed E-state index contributed by atoms with van der Waals surface area (Å²) in [5.74, 6) is 0.0264. The summed E-state index contributed by atoms with van der Waals surface area (Å²) in [5, 5.41) is 0.573. The van der Waals surface area contributed by atoms with Crippen LogP contribution >= 0.6 is 11.6 Å². The molecule has 2 rings (SSSR count). The third-order valence-corrected chi connectivity index (χ3v) is 3.53. The van der Waals surface area contributed by atoms with Crippen molar-refractivity contribution >= 4 is 28.4 Å². The first-order valence-corrected chi connectivity index (χ1v) is 7.43. The molecule has 19 heavy (non-hydrogen) atoms. The lowest BCUT2D eigenvalue weighted by molar-refractivity contribution is 0.561. The first-order valence-electron chi connectivity index (χ1n) is 5.77. The molecule has 0 aliphatic heterocycles. The van der Waals surface area contributed by atoms with Crippen molar-refractivity contribution in [3.05, 3.63) is 65.2 Å². The van der Waals surface area contributed by atoms with Crippen LogP contribution in [0, 0.1) is 0 Å². The monoisotopic (exact) mass is 295 g/mol. The van der Waals surface area contributed by atoms with E-state index >= 15 is 0 Å². The summed E-state index contributed by atoms with van der Waals surface area (Å²) in [5.41, 5.74) is 1.82. The van der Waals surface area contributed by atoms with E-state index in [1.807, 2.05) is 48.5 Å². The van der Waals surface area contributed by atoms with Gasteiger partial charge in [-0.15, -0.1) is 0 Å². The molecule has 0 bridgehead atoms. The highest BCUT2D eigenvalue weighted by atomic mass is 35.5. The predicted octanol–water partition coefficient (Wildman–Crippen LogP) is 3.53. The predicted molar refractivity (Wildman–Crippen MR) is 79.7 cm³/mol. The molecule has 0 amide bonds. The van der Waals surface area contributed by atoms with Crippen molar-refractivity contribution in [1.29, 1.82) is 0 Å². The Kier molecular flexibility index (Phi) is 4.96. The van der Waals surface area contributed by atoms with Crippen LogP contribution in [-0.4, -0.2) is 14.6 Å². The summed E-state index contributed by atoms with van der Waals surface area (Å²) >= 11 is 4.24. The van der Waals surface area contributed by atoms with E-state index in [0.717, 1.165) is 11.3 Å². The number of benzene rings is 2. The average molecular weight is 296 g/mol. The van der Waals surface area contributed by atoms with Gasteiger partial charge in [0.1, 0.15) is 5.88 Å². The molecule has 100 valence electrons. The zero-order chi connectivity index (χ0) is 13.7. The molecule has 3 nitrogen and oxygen atoms in total. The van der Waals surface area contributed by atoms with Crippen LogP contribution in [0.5, 0.6) is 0 Å². The van der Waals surface area contributed by atoms with Crippen LogP contribution in [-0.2, 0) is 17.6 Å². The Morgan fingerprint density at radius 2 is 1.68 bits per heavy atom. The second-order valence-corrected chi connectivity index (χ2v) is 5.39. The van der Waals surface area contributed by atoms with Gasteiger partial charge in [0.25, 0.3) is 0 Å². The van der Waals surface area contributed by atoms with Gasteiger partial charge < -0.3 is 9.45 Å². The van der Waals surface area contributed by atoms with E-state index in [0.29, 0.717) is 11.6 Å². The lowest BCUT2D eigenvalue weighted by Crippen LogP contribution is -2.26. The van der Waals surface area contributed by atoms with Crippen LogP contribution in [0.25, 0.3) is 0 Å². The highest BCUT2D eigenvalue weighted by Gasteiger charge is 2.12. The van der Waals surface area contributed by atoms with E-state index in [1.54, 1.807) is 11.0 Å². The standard InChI is InChI=1S/C14H14ClNO2S/c15-13-8-4-5-9-14(13)16(11-19(17)18)10-12-6-2-1-3-7-12/h1-9H,10-11H2,(H,17,18). The van der Waals surface area contributed by atoms with Crippen LogP contribution in [0.1, 0.15) is 5.56 Å². The summed E-state index contributed by atoms with van der Waals surface area (Å²) in [4.78, 5) is 1.80. The van der Waals surface area contributed by atoms with Crippen molar-refractivity contribution in [1.82, 2.24) is 0 Å². The van der Waals surface area contributed by atoms with Crippen molar-refractivity contribution < 1.29 is 8.76 Å². The lowest BCUT2D eigenvalue weighted by Gasteiger charge is -2.24. The molecule has 5 heteroatoms. The van der Waals surface area contributed by atoms with Crippen molar-refractivity contribution in [2.24, 2.45) is 0 Å². The topological polar surface area (TPSA) is 40.5 Å². The fourth-order valence-electron chi connectivity index (χ4n) is 1.85. The van der Waals surface area contributed by atoms with Gasteiger partial charge in [-0.3, -0.25) is 0 Å². The number of anilines is 1. The molecular weight excluding hydrogens is 282 g/mol. The van der Waals surface area contributed by atoms with E-state index in [9.17, 15) is 4.21 Å². The van der Waals surface area contributed by atoms with Crippen LogP contribution in [0.15, 0.2) is 54.6 Å². The molecule has 0 saturated heterocycles. The zero-order valence-electron chi connectivity index (χ0n) is 10.2. The van der Waals surface area contributed by atoms with E-state index < -0.39 is 11.1 Å². The molecule has 2 aromatic rings. The molecule has 0 radical (unpaired) electrons. The Labute approximate surface area is 120 Å². The SMILES string of the molecule is O=S(O)CN(Cc1ccccc1)c1ccccc1Cl. The Balaban J connectivity index is 2.26. The van der Waals surface area contributed by atoms with Gasteiger partial charge in [0.15, 0.2) is 11.1 Å². The van der Waals surface area contributed by atoms with Crippen LogP contribution in [0.4, 0.5) is 5.69 Å². The Morgan fingerprint density at radius 3 is 2.32 bits per heavy atom. The summed E-state index contributed by atoms with van der Waals surface area (Å²) in [6, 6.07) is 17.1. The maximum atomic E-state index is 11.1.